The van der Waals surface area contributed by atoms with Crippen molar-refractivity contribution in [3.63, 3.8) is 0 Å². The molecule has 2 aliphatic heterocycles. The predicted molar refractivity (Wildman–Crippen MR) is 112 cm³/mol. The zero-order valence-electron chi connectivity index (χ0n) is 17.9. The molecule has 2 aromatic rings. The highest BCUT2D eigenvalue weighted by Gasteiger charge is 2.58. The van der Waals surface area contributed by atoms with Crippen molar-refractivity contribution in [3.05, 3.63) is 36.2 Å². The summed E-state index contributed by atoms with van der Waals surface area (Å²) in [6.07, 6.45) is 11.9. The summed E-state index contributed by atoms with van der Waals surface area (Å²) >= 11 is 0. The summed E-state index contributed by atoms with van der Waals surface area (Å²) < 4.78 is 2.10. The molecule has 158 valence electrons. The monoisotopic (exact) mass is 398 g/mol. The minimum Gasteiger partial charge on any atom is -0.350 e. The molecule has 0 aliphatic carbocycles. The number of rotatable bonds is 9. The van der Waals surface area contributed by atoms with E-state index in [0.717, 1.165) is 50.2 Å². The molecule has 3 atom stereocenters. The molecule has 0 spiro atoms. The zero-order chi connectivity index (χ0) is 20.4. The SMILES string of the molecule is CC(C)CC[C@]1(C(=O)NCc2ccn[nH]2)C[C@H]2CC[C@@H]1N2CCc1nccn1C. The Hall–Kier alpha value is -2.15. The second-order valence-corrected chi connectivity index (χ2v) is 9.25. The predicted octanol–water partition coefficient (Wildman–Crippen LogP) is 2.66. The number of carbonyl (C=O) groups excluding carboxylic acids is 1. The smallest absolute Gasteiger partial charge is 0.228 e. The van der Waals surface area contributed by atoms with Crippen molar-refractivity contribution in [2.24, 2.45) is 18.4 Å². The van der Waals surface area contributed by atoms with Crippen LogP contribution in [0.4, 0.5) is 0 Å². The summed E-state index contributed by atoms with van der Waals surface area (Å²) in [5.41, 5.74) is 0.682. The summed E-state index contributed by atoms with van der Waals surface area (Å²) in [6, 6.07) is 2.78. The van der Waals surface area contributed by atoms with Crippen molar-refractivity contribution in [1.29, 1.82) is 0 Å². The van der Waals surface area contributed by atoms with Crippen LogP contribution in [0.2, 0.25) is 0 Å². The van der Waals surface area contributed by atoms with Gasteiger partial charge in [0.2, 0.25) is 5.91 Å². The normalized spacial score (nSPS) is 26.5. The average molecular weight is 399 g/mol. The van der Waals surface area contributed by atoms with Gasteiger partial charge in [-0.2, -0.15) is 5.10 Å². The molecule has 2 N–H and O–H groups in total. The molecule has 2 bridgehead atoms. The third-order valence-electron chi connectivity index (χ3n) is 7.01. The van der Waals surface area contributed by atoms with E-state index in [0.29, 0.717) is 24.5 Å². The number of aromatic amines is 1. The fourth-order valence-electron chi connectivity index (χ4n) is 5.42. The Balaban J connectivity index is 1.48. The quantitative estimate of drug-likeness (QED) is 0.681. The lowest BCUT2D eigenvalue weighted by molar-refractivity contribution is -0.133. The number of nitrogens with zero attached hydrogens (tertiary/aromatic N) is 4. The Bertz CT molecular complexity index is 813. The summed E-state index contributed by atoms with van der Waals surface area (Å²) in [5.74, 6) is 1.95. The second kappa shape index (κ2) is 8.30. The number of H-pyrrole nitrogens is 1. The summed E-state index contributed by atoms with van der Waals surface area (Å²) in [6.45, 7) is 6.01. The molecule has 0 radical (unpaired) electrons. The molecule has 29 heavy (non-hydrogen) atoms. The first-order valence-electron chi connectivity index (χ1n) is 11.0. The van der Waals surface area contributed by atoms with Gasteiger partial charge in [-0.25, -0.2) is 4.98 Å². The lowest BCUT2D eigenvalue weighted by Gasteiger charge is -2.37. The summed E-state index contributed by atoms with van der Waals surface area (Å²) in [7, 11) is 2.05. The standard InChI is InChI=1S/C22H34N6O/c1-16(2)6-9-22(21(29)24-15-17-7-10-25-26-17)14-18-4-5-19(22)28(18)12-8-20-23-11-13-27(20)3/h7,10-11,13,16,18-19H,4-6,8-9,12,14-15H2,1-3H3,(H,24,29)(H,25,26)/t18-,19+,22+/m1/s1. The van der Waals surface area contributed by atoms with E-state index in [1.807, 2.05) is 18.5 Å². The van der Waals surface area contributed by atoms with Crippen molar-refractivity contribution < 1.29 is 4.79 Å². The highest BCUT2D eigenvalue weighted by Crippen LogP contribution is 2.52. The van der Waals surface area contributed by atoms with Crippen molar-refractivity contribution in [2.75, 3.05) is 6.54 Å². The van der Waals surface area contributed by atoms with Crippen LogP contribution in [-0.2, 0) is 24.8 Å². The second-order valence-electron chi connectivity index (χ2n) is 9.25. The van der Waals surface area contributed by atoms with Crippen LogP contribution in [0.1, 0.15) is 57.5 Å². The van der Waals surface area contributed by atoms with Gasteiger partial charge in [0, 0.05) is 50.7 Å². The molecule has 0 saturated carbocycles. The first-order chi connectivity index (χ1) is 14.0. The Labute approximate surface area is 173 Å². The largest absolute Gasteiger partial charge is 0.350 e. The molecule has 2 fully saturated rings. The van der Waals surface area contributed by atoms with Gasteiger partial charge in [0.25, 0.3) is 0 Å². The van der Waals surface area contributed by atoms with Gasteiger partial charge in [0.1, 0.15) is 5.82 Å². The molecule has 7 nitrogen and oxygen atoms in total. The van der Waals surface area contributed by atoms with Gasteiger partial charge < -0.3 is 9.88 Å². The highest BCUT2D eigenvalue weighted by molar-refractivity contribution is 5.84. The van der Waals surface area contributed by atoms with Crippen molar-refractivity contribution in [2.45, 2.75) is 71.0 Å². The maximum atomic E-state index is 13.5. The highest BCUT2D eigenvalue weighted by atomic mass is 16.2. The van der Waals surface area contributed by atoms with E-state index in [1.165, 1.54) is 6.42 Å². The molecular weight excluding hydrogens is 364 g/mol. The van der Waals surface area contributed by atoms with Crippen LogP contribution < -0.4 is 5.32 Å². The Morgan fingerprint density at radius 1 is 1.38 bits per heavy atom. The average Bonchev–Trinajstić information content (AvgIpc) is 3.48. The fourth-order valence-corrected chi connectivity index (χ4v) is 5.42. The number of hydrogen-bond acceptors (Lipinski definition) is 4. The molecule has 4 heterocycles. The number of imidazole rings is 1. The van der Waals surface area contributed by atoms with Crippen LogP contribution >= 0.6 is 0 Å². The van der Waals surface area contributed by atoms with Crippen molar-refractivity contribution >= 4 is 5.91 Å². The number of hydrogen-bond donors (Lipinski definition) is 2. The van der Waals surface area contributed by atoms with Gasteiger partial charge in [-0.05, 0) is 44.1 Å². The van der Waals surface area contributed by atoms with E-state index in [-0.39, 0.29) is 11.3 Å². The van der Waals surface area contributed by atoms with Gasteiger partial charge in [0.05, 0.1) is 17.7 Å². The lowest BCUT2D eigenvalue weighted by Crippen LogP contribution is -2.49. The molecule has 2 aromatic heterocycles. The Morgan fingerprint density at radius 2 is 2.24 bits per heavy atom. The van der Waals surface area contributed by atoms with Crippen LogP contribution in [0.15, 0.2) is 24.7 Å². The molecular formula is C22H34N6O. The molecule has 0 aromatic carbocycles. The van der Waals surface area contributed by atoms with Crippen LogP contribution in [0.25, 0.3) is 0 Å². The number of amides is 1. The number of aromatic nitrogens is 4. The first-order valence-corrected chi connectivity index (χ1v) is 11.0. The van der Waals surface area contributed by atoms with E-state index in [1.54, 1.807) is 6.20 Å². The number of fused-ring (bicyclic) bond motifs is 2. The minimum atomic E-state index is -0.269. The van der Waals surface area contributed by atoms with Gasteiger partial charge in [-0.15, -0.1) is 0 Å². The third kappa shape index (κ3) is 3.97. The first kappa shape index (κ1) is 20.1. The Kier molecular flexibility index (Phi) is 5.76. The van der Waals surface area contributed by atoms with Crippen LogP contribution in [-0.4, -0.2) is 49.2 Å². The molecule has 2 saturated heterocycles. The fraction of sp³-hybridized carbons (Fsp3) is 0.682. The number of aryl methyl sites for hydroxylation is 1. The van der Waals surface area contributed by atoms with E-state index in [4.69, 9.17) is 0 Å². The van der Waals surface area contributed by atoms with Gasteiger partial charge in [-0.3, -0.25) is 14.8 Å². The maximum Gasteiger partial charge on any atom is 0.228 e. The minimum absolute atomic E-state index is 0.224. The van der Waals surface area contributed by atoms with E-state index < -0.39 is 0 Å². The summed E-state index contributed by atoms with van der Waals surface area (Å²) in [4.78, 5) is 20.6. The van der Waals surface area contributed by atoms with Gasteiger partial charge in [0.15, 0.2) is 0 Å². The van der Waals surface area contributed by atoms with Crippen LogP contribution in [0, 0.1) is 11.3 Å². The lowest BCUT2D eigenvalue weighted by atomic mass is 9.69. The van der Waals surface area contributed by atoms with E-state index in [9.17, 15) is 4.79 Å². The Morgan fingerprint density at radius 3 is 2.93 bits per heavy atom. The van der Waals surface area contributed by atoms with Crippen molar-refractivity contribution in [1.82, 2.24) is 30.0 Å². The summed E-state index contributed by atoms with van der Waals surface area (Å²) in [5, 5.41) is 10.2. The number of carbonyl (C=O) groups is 1. The molecule has 2 aliphatic rings. The van der Waals surface area contributed by atoms with Gasteiger partial charge in [-0.1, -0.05) is 13.8 Å². The maximum absolute atomic E-state index is 13.5. The molecule has 1 amide bonds. The number of nitrogens with one attached hydrogen (secondary N) is 2. The van der Waals surface area contributed by atoms with Crippen molar-refractivity contribution in [3.8, 4) is 0 Å². The van der Waals surface area contributed by atoms with Crippen LogP contribution in [0.3, 0.4) is 0 Å². The molecule has 4 rings (SSSR count). The van der Waals surface area contributed by atoms with Gasteiger partial charge >= 0.3 is 0 Å². The third-order valence-corrected chi connectivity index (χ3v) is 7.01. The van der Waals surface area contributed by atoms with Crippen LogP contribution in [0.5, 0.6) is 0 Å². The van der Waals surface area contributed by atoms with E-state index >= 15 is 0 Å². The molecule has 0 unspecified atom stereocenters. The molecule has 7 heteroatoms. The zero-order valence-corrected chi connectivity index (χ0v) is 17.9. The topological polar surface area (TPSA) is 78.8 Å². The van der Waals surface area contributed by atoms with E-state index in [2.05, 4.69) is 50.9 Å².